The average molecular weight is 305 g/mol. The Morgan fingerprint density at radius 3 is 2.64 bits per heavy atom. The molecule has 118 valence electrons. The van der Waals surface area contributed by atoms with E-state index in [0.29, 0.717) is 6.54 Å². The topological polar surface area (TPSA) is 87.7 Å². The molecular weight excluding hydrogens is 286 g/mol. The van der Waals surface area contributed by atoms with Crippen molar-refractivity contribution in [3.63, 3.8) is 0 Å². The zero-order valence-corrected chi connectivity index (χ0v) is 12.6. The Labute approximate surface area is 128 Å². The van der Waals surface area contributed by atoms with Gasteiger partial charge in [0.15, 0.2) is 0 Å². The van der Waals surface area contributed by atoms with Crippen molar-refractivity contribution < 1.29 is 19.1 Å². The number of nitrogens with one attached hydrogen (secondary N) is 2. The highest BCUT2D eigenvalue weighted by Gasteiger charge is 2.48. The van der Waals surface area contributed by atoms with E-state index in [1.807, 2.05) is 30.3 Å². The summed E-state index contributed by atoms with van der Waals surface area (Å²) in [5, 5.41) is 5.22. The summed E-state index contributed by atoms with van der Waals surface area (Å²) in [4.78, 5) is 36.9. The molecule has 1 aliphatic rings. The van der Waals surface area contributed by atoms with Gasteiger partial charge in [-0.2, -0.15) is 0 Å². The predicted octanol–water partition coefficient (Wildman–Crippen LogP) is 0.260. The molecule has 1 aromatic carbocycles. The number of nitrogens with zero attached hydrogens (tertiary/aromatic N) is 1. The van der Waals surface area contributed by atoms with Crippen LogP contribution in [0.1, 0.15) is 12.5 Å². The van der Waals surface area contributed by atoms with Crippen molar-refractivity contribution in [2.45, 2.75) is 19.0 Å². The summed E-state index contributed by atoms with van der Waals surface area (Å²) in [5.74, 6) is -0.858. The fraction of sp³-hybridized carbons (Fsp3) is 0.400. The molecule has 22 heavy (non-hydrogen) atoms. The number of methoxy groups -OCH3 is 1. The molecule has 4 amide bonds. The molecule has 1 heterocycles. The van der Waals surface area contributed by atoms with Crippen LogP contribution in [0.15, 0.2) is 30.3 Å². The van der Waals surface area contributed by atoms with Crippen molar-refractivity contribution in [3.8, 4) is 0 Å². The van der Waals surface area contributed by atoms with Crippen LogP contribution in [0, 0.1) is 0 Å². The maximum absolute atomic E-state index is 12.2. The Balaban J connectivity index is 1.91. The van der Waals surface area contributed by atoms with E-state index in [-0.39, 0.29) is 13.2 Å². The van der Waals surface area contributed by atoms with Crippen LogP contribution >= 0.6 is 0 Å². The Bertz CT molecular complexity index is 575. The lowest BCUT2D eigenvalue weighted by molar-refractivity contribution is -0.135. The Hall–Kier alpha value is -2.41. The number of rotatable bonds is 6. The number of benzene rings is 1. The van der Waals surface area contributed by atoms with E-state index in [1.54, 1.807) is 6.92 Å². The second kappa shape index (κ2) is 6.57. The zero-order valence-electron chi connectivity index (χ0n) is 12.6. The second-order valence-electron chi connectivity index (χ2n) is 5.35. The Morgan fingerprint density at radius 1 is 1.32 bits per heavy atom. The van der Waals surface area contributed by atoms with Crippen LogP contribution in [-0.2, 0) is 20.9 Å². The third-order valence-corrected chi connectivity index (χ3v) is 3.41. The first-order valence-electron chi connectivity index (χ1n) is 6.90. The summed E-state index contributed by atoms with van der Waals surface area (Å²) in [7, 11) is 1.44. The molecule has 0 bridgehead atoms. The predicted molar refractivity (Wildman–Crippen MR) is 78.8 cm³/mol. The number of urea groups is 1. The second-order valence-corrected chi connectivity index (χ2v) is 5.35. The molecule has 0 radical (unpaired) electrons. The lowest BCUT2D eigenvalue weighted by Gasteiger charge is -2.20. The third-order valence-electron chi connectivity index (χ3n) is 3.41. The molecule has 0 spiro atoms. The number of carbonyl (C=O) groups is 3. The van der Waals surface area contributed by atoms with Crippen molar-refractivity contribution in [3.05, 3.63) is 35.9 Å². The quantitative estimate of drug-likeness (QED) is 0.738. The first-order chi connectivity index (χ1) is 10.5. The van der Waals surface area contributed by atoms with E-state index < -0.39 is 23.4 Å². The number of ether oxygens (including phenoxy) is 1. The van der Waals surface area contributed by atoms with Gasteiger partial charge in [0.2, 0.25) is 5.91 Å². The third kappa shape index (κ3) is 3.43. The van der Waals surface area contributed by atoms with Gasteiger partial charge < -0.3 is 15.4 Å². The monoisotopic (exact) mass is 305 g/mol. The maximum Gasteiger partial charge on any atom is 0.325 e. The zero-order chi connectivity index (χ0) is 16.2. The maximum atomic E-state index is 12.2. The summed E-state index contributed by atoms with van der Waals surface area (Å²) in [6.45, 7) is 1.66. The largest absolute Gasteiger partial charge is 0.382 e. The first kappa shape index (κ1) is 16.0. The van der Waals surface area contributed by atoms with E-state index in [0.717, 1.165) is 10.5 Å². The summed E-state index contributed by atoms with van der Waals surface area (Å²) >= 11 is 0. The molecule has 1 fully saturated rings. The molecule has 0 aromatic heterocycles. The highest BCUT2D eigenvalue weighted by Crippen LogP contribution is 2.17. The van der Waals surface area contributed by atoms with Crippen LogP contribution in [0.5, 0.6) is 0 Å². The minimum Gasteiger partial charge on any atom is -0.382 e. The molecule has 2 rings (SSSR count). The lowest BCUT2D eigenvalue weighted by Crippen LogP contribution is -2.48. The van der Waals surface area contributed by atoms with E-state index in [1.165, 1.54) is 7.11 Å². The summed E-state index contributed by atoms with van der Waals surface area (Å²) in [5.41, 5.74) is -0.178. The number of carbonyl (C=O) groups excluding carboxylic acids is 3. The van der Waals surface area contributed by atoms with Gasteiger partial charge in [-0.25, -0.2) is 4.79 Å². The minimum atomic E-state index is -1.12. The molecule has 1 atom stereocenters. The number of imide groups is 1. The van der Waals surface area contributed by atoms with Gasteiger partial charge in [0.25, 0.3) is 5.91 Å². The minimum absolute atomic E-state index is 0.0553. The Kier molecular flexibility index (Phi) is 4.77. The molecule has 0 unspecified atom stereocenters. The lowest BCUT2D eigenvalue weighted by atomic mass is 10.0. The molecule has 1 aromatic rings. The van der Waals surface area contributed by atoms with Crippen molar-refractivity contribution in [2.24, 2.45) is 0 Å². The van der Waals surface area contributed by atoms with Gasteiger partial charge in [-0.15, -0.1) is 0 Å². The van der Waals surface area contributed by atoms with Gasteiger partial charge in [0, 0.05) is 13.7 Å². The van der Waals surface area contributed by atoms with Crippen molar-refractivity contribution in [1.82, 2.24) is 15.5 Å². The smallest absolute Gasteiger partial charge is 0.325 e. The Morgan fingerprint density at radius 2 is 2.00 bits per heavy atom. The van der Waals surface area contributed by atoms with E-state index in [4.69, 9.17) is 4.74 Å². The normalized spacial score (nSPS) is 20.9. The van der Waals surface area contributed by atoms with E-state index in [9.17, 15) is 14.4 Å². The van der Waals surface area contributed by atoms with Gasteiger partial charge in [-0.1, -0.05) is 30.3 Å². The molecular formula is C15H19N3O4. The highest BCUT2D eigenvalue weighted by atomic mass is 16.5. The summed E-state index contributed by atoms with van der Waals surface area (Å²) in [6, 6.07) is 8.80. The van der Waals surface area contributed by atoms with Crippen LogP contribution in [0.3, 0.4) is 0 Å². The molecule has 0 saturated carbocycles. The van der Waals surface area contributed by atoms with Crippen LogP contribution in [-0.4, -0.2) is 48.5 Å². The summed E-state index contributed by atoms with van der Waals surface area (Å²) in [6.07, 6.45) is 0. The van der Waals surface area contributed by atoms with Crippen LogP contribution in [0.25, 0.3) is 0 Å². The van der Waals surface area contributed by atoms with Gasteiger partial charge in [0.05, 0.1) is 6.61 Å². The van der Waals surface area contributed by atoms with Gasteiger partial charge in [-0.05, 0) is 12.5 Å². The average Bonchev–Trinajstić information content (AvgIpc) is 2.70. The van der Waals surface area contributed by atoms with Crippen molar-refractivity contribution in [1.29, 1.82) is 0 Å². The molecule has 2 N–H and O–H groups in total. The number of hydrogen-bond donors (Lipinski definition) is 2. The van der Waals surface area contributed by atoms with Crippen molar-refractivity contribution in [2.75, 3.05) is 20.3 Å². The number of hydrogen-bond acceptors (Lipinski definition) is 4. The fourth-order valence-electron chi connectivity index (χ4n) is 2.27. The molecule has 1 saturated heterocycles. The standard InChI is InChI=1S/C15H19N3O4/c1-15(10-22-2)13(20)18(14(21)17-15)9-12(19)16-8-11-6-4-3-5-7-11/h3-7H,8-10H2,1-2H3,(H,16,19)(H,17,21)/t15-/m0/s1. The first-order valence-corrected chi connectivity index (χ1v) is 6.90. The van der Waals surface area contributed by atoms with E-state index >= 15 is 0 Å². The fourth-order valence-corrected chi connectivity index (χ4v) is 2.27. The van der Waals surface area contributed by atoms with Crippen LogP contribution in [0.4, 0.5) is 4.79 Å². The van der Waals surface area contributed by atoms with Gasteiger partial charge in [0.1, 0.15) is 12.1 Å². The van der Waals surface area contributed by atoms with Gasteiger partial charge >= 0.3 is 6.03 Å². The highest BCUT2D eigenvalue weighted by molar-refractivity contribution is 6.08. The van der Waals surface area contributed by atoms with E-state index in [2.05, 4.69) is 10.6 Å². The van der Waals surface area contributed by atoms with Crippen molar-refractivity contribution >= 4 is 17.8 Å². The van der Waals surface area contributed by atoms with Crippen LogP contribution < -0.4 is 10.6 Å². The van der Waals surface area contributed by atoms with Gasteiger partial charge in [-0.3, -0.25) is 14.5 Å². The molecule has 7 nitrogen and oxygen atoms in total. The SMILES string of the molecule is COC[C@]1(C)NC(=O)N(CC(=O)NCc2ccccc2)C1=O. The molecule has 7 heteroatoms. The molecule has 1 aliphatic heterocycles. The van der Waals surface area contributed by atoms with Crippen LogP contribution in [0.2, 0.25) is 0 Å². The molecule has 0 aliphatic carbocycles. The number of amides is 4. The summed E-state index contributed by atoms with van der Waals surface area (Å²) < 4.78 is 4.94.